The highest BCUT2D eigenvalue weighted by Gasteiger charge is 2.21. The summed E-state index contributed by atoms with van der Waals surface area (Å²) < 4.78 is 0. The Bertz CT molecular complexity index is 810. The molecule has 7 heteroatoms. The Morgan fingerprint density at radius 3 is 2.14 bits per heavy atom. The monoisotopic (exact) mass is 421 g/mol. The van der Waals surface area contributed by atoms with Gasteiger partial charge in [-0.2, -0.15) is 0 Å². The van der Waals surface area contributed by atoms with Crippen LogP contribution in [0.1, 0.15) is 35.8 Å². The second-order valence-electron chi connectivity index (χ2n) is 6.23. The molecule has 2 amide bonds. The second kappa shape index (κ2) is 11.1. The van der Waals surface area contributed by atoms with E-state index in [2.05, 4.69) is 29.4 Å². The van der Waals surface area contributed by atoms with E-state index in [1.807, 2.05) is 24.3 Å². The molecule has 2 N–H and O–H groups in total. The van der Waals surface area contributed by atoms with Crippen LogP contribution in [0, 0.1) is 0 Å². The Morgan fingerprint density at radius 1 is 0.929 bits per heavy atom. The third-order valence-corrected chi connectivity index (χ3v) is 5.21. The summed E-state index contributed by atoms with van der Waals surface area (Å²) in [6, 6.07) is 14.3. The molecule has 2 aromatic carbocycles. The van der Waals surface area contributed by atoms with Gasteiger partial charge < -0.3 is 10.6 Å². The highest BCUT2D eigenvalue weighted by Crippen LogP contribution is 2.26. The molecule has 0 aromatic heterocycles. The quantitative estimate of drug-likeness (QED) is 0.644. The number of nitrogens with zero attached hydrogens (tertiary/aromatic N) is 1. The maximum Gasteiger partial charge on any atom is 0.253 e. The Hall–Kier alpha value is -2.08. The van der Waals surface area contributed by atoms with Crippen LogP contribution in [0.5, 0.6) is 0 Å². The van der Waals surface area contributed by atoms with E-state index in [1.165, 1.54) is 0 Å². The Labute approximate surface area is 176 Å². The zero-order valence-corrected chi connectivity index (χ0v) is 17.6. The molecule has 0 heterocycles. The van der Waals surface area contributed by atoms with Crippen molar-refractivity contribution in [3.8, 4) is 0 Å². The largest absolute Gasteiger partial charge is 0.353 e. The molecule has 2 rings (SSSR count). The first-order chi connectivity index (χ1) is 13.5. The molecule has 28 heavy (non-hydrogen) atoms. The zero-order chi connectivity index (χ0) is 20.5. The lowest BCUT2D eigenvalue weighted by molar-refractivity contribution is -0.120. The number of hydrogen-bond donors (Lipinski definition) is 2. The Balaban J connectivity index is 1.97. The summed E-state index contributed by atoms with van der Waals surface area (Å²) in [6.45, 7) is 6.05. The van der Waals surface area contributed by atoms with E-state index < -0.39 is 0 Å². The van der Waals surface area contributed by atoms with Gasteiger partial charge in [-0.05, 0) is 36.9 Å². The van der Waals surface area contributed by atoms with Gasteiger partial charge in [0.15, 0.2) is 0 Å². The maximum atomic E-state index is 12.3. The van der Waals surface area contributed by atoms with Gasteiger partial charge in [0, 0.05) is 11.6 Å². The minimum absolute atomic E-state index is 0.0491. The van der Waals surface area contributed by atoms with Crippen LogP contribution in [0.4, 0.5) is 0 Å². The van der Waals surface area contributed by atoms with Crippen molar-refractivity contribution < 1.29 is 9.59 Å². The normalized spacial score (nSPS) is 11.9. The predicted octanol–water partition coefficient (Wildman–Crippen LogP) is 3.92. The van der Waals surface area contributed by atoms with E-state index in [0.717, 1.165) is 18.7 Å². The number of amides is 2. The van der Waals surface area contributed by atoms with Gasteiger partial charge in [0.25, 0.3) is 5.91 Å². The number of hydrogen-bond acceptors (Lipinski definition) is 3. The van der Waals surface area contributed by atoms with Gasteiger partial charge in [0.05, 0.1) is 23.2 Å². The number of halogens is 2. The van der Waals surface area contributed by atoms with Crippen LogP contribution in [-0.4, -0.2) is 42.9 Å². The van der Waals surface area contributed by atoms with Gasteiger partial charge in [0.2, 0.25) is 5.91 Å². The van der Waals surface area contributed by atoms with Gasteiger partial charge in [-0.15, -0.1) is 0 Å². The smallest absolute Gasteiger partial charge is 0.253 e. The Morgan fingerprint density at radius 2 is 1.54 bits per heavy atom. The molecule has 0 aliphatic rings. The van der Waals surface area contributed by atoms with Gasteiger partial charge in [-0.1, -0.05) is 67.4 Å². The molecule has 0 saturated heterocycles. The first kappa shape index (κ1) is 22.2. The molecule has 0 bridgehead atoms. The van der Waals surface area contributed by atoms with Gasteiger partial charge in [0.1, 0.15) is 0 Å². The summed E-state index contributed by atoms with van der Waals surface area (Å²) in [5.41, 5.74) is 1.31. The van der Waals surface area contributed by atoms with Crippen molar-refractivity contribution in [2.75, 3.05) is 26.2 Å². The van der Waals surface area contributed by atoms with Crippen LogP contribution in [0.3, 0.4) is 0 Å². The van der Waals surface area contributed by atoms with E-state index in [9.17, 15) is 9.59 Å². The number of carbonyl (C=O) groups is 2. The molecule has 0 fully saturated rings. The number of carbonyl (C=O) groups excluding carboxylic acids is 2. The van der Waals surface area contributed by atoms with Crippen molar-refractivity contribution in [1.82, 2.24) is 15.5 Å². The highest BCUT2D eigenvalue weighted by atomic mass is 35.5. The SMILES string of the molecule is CCN(CC)C(CNC(=O)CNC(=O)c1ccccc1Cl)c1ccccc1Cl. The molecule has 0 aliphatic heterocycles. The molecule has 0 spiro atoms. The molecule has 2 aromatic rings. The van der Waals surface area contributed by atoms with Crippen LogP contribution < -0.4 is 10.6 Å². The zero-order valence-electron chi connectivity index (χ0n) is 16.0. The molecular formula is C21H25Cl2N3O2. The summed E-state index contributed by atoms with van der Waals surface area (Å²) in [5.74, 6) is -0.656. The van der Waals surface area contributed by atoms with E-state index in [0.29, 0.717) is 22.2 Å². The third kappa shape index (κ3) is 5.96. The topological polar surface area (TPSA) is 61.4 Å². The van der Waals surface area contributed by atoms with Crippen molar-refractivity contribution in [1.29, 1.82) is 0 Å². The van der Waals surface area contributed by atoms with Crippen molar-refractivity contribution in [3.63, 3.8) is 0 Å². The summed E-state index contributed by atoms with van der Waals surface area (Å²) >= 11 is 12.4. The Kier molecular flexibility index (Phi) is 8.77. The fourth-order valence-corrected chi connectivity index (χ4v) is 3.50. The number of rotatable bonds is 9. The number of likely N-dealkylation sites (N-methyl/N-ethyl adjacent to an activating group) is 1. The molecule has 0 radical (unpaired) electrons. The van der Waals surface area contributed by atoms with Gasteiger partial charge in [-0.3, -0.25) is 14.5 Å². The van der Waals surface area contributed by atoms with E-state index in [4.69, 9.17) is 23.2 Å². The summed E-state index contributed by atoms with van der Waals surface area (Å²) in [4.78, 5) is 26.7. The molecule has 5 nitrogen and oxygen atoms in total. The minimum atomic E-state index is -0.382. The first-order valence-electron chi connectivity index (χ1n) is 9.25. The van der Waals surface area contributed by atoms with Crippen molar-refractivity contribution in [2.45, 2.75) is 19.9 Å². The van der Waals surface area contributed by atoms with Gasteiger partial charge in [-0.25, -0.2) is 0 Å². The predicted molar refractivity (Wildman–Crippen MR) is 114 cm³/mol. The second-order valence-corrected chi connectivity index (χ2v) is 7.04. The van der Waals surface area contributed by atoms with Crippen LogP contribution in [0.15, 0.2) is 48.5 Å². The lowest BCUT2D eigenvalue weighted by atomic mass is 10.0. The third-order valence-electron chi connectivity index (χ3n) is 4.54. The molecular weight excluding hydrogens is 397 g/mol. The average molecular weight is 422 g/mol. The van der Waals surface area contributed by atoms with Crippen LogP contribution in [-0.2, 0) is 4.79 Å². The lowest BCUT2D eigenvalue weighted by Gasteiger charge is -2.31. The minimum Gasteiger partial charge on any atom is -0.353 e. The molecule has 1 unspecified atom stereocenters. The molecule has 0 saturated carbocycles. The lowest BCUT2D eigenvalue weighted by Crippen LogP contribution is -2.42. The summed E-state index contributed by atoms with van der Waals surface area (Å²) in [7, 11) is 0. The van der Waals surface area contributed by atoms with Crippen LogP contribution >= 0.6 is 23.2 Å². The standard InChI is InChI=1S/C21H25Cl2N3O2/c1-3-26(4-2)19(15-9-5-7-11-17(15)22)13-24-20(27)14-25-21(28)16-10-6-8-12-18(16)23/h5-12,19H,3-4,13-14H2,1-2H3,(H,24,27)(H,25,28). The fourth-order valence-electron chi connectivity index (χ4n) is 3.02. The molecule has 0 aliphatic carbocycles. The highest BCUT2D eigenvalue weighted by molar-refractivity contribution is 6.33. The molecule has 1 atom stereocenters. The average Bonchev–Trinajstić information content (AvgIpc) is 2.70. The van der Waals surface area contributed by atoms with E-state index in [1.54, 1.807) is 24.3 Å². The van der Waals surface area contributed by atoms with Crippen LogP contribution in [0.25, 0.3) is 0 Å². The summed E-state index contributed by atoms with van der Waals surface area (Å²) in [5, 5.41) is 6.50. The van der Waals surface area contributed by atoms with Crippen LogP contribution in [0.2, 0.25) is 10.0 Å². The van der Waals surface area contributed by atoms with Crippen molar-refractivity contribution in [2.24, 2.45) is 0 Å². The number of nitrogens with one attached hydrogen (secondary N) is 2. The van der Waals surface area contributed by atoms with Crippen molar-refractivity contribution in [3.05, 3.63) is 69.7 Å². The molecule has 150 valence electrons. The van der Waals surface area contributed by atoms with E-state index >= 15 is 0 Å². The number of benzene rings is 2. The first-order valence-corrected chi connectivity index (χ1v) is 10.0. The fraction of sp³-hybridized carbons (Fsp3) is 0.333. The van der Waals surface area contributed by atoms with Gasteiger partial charge >= 0.3 is 0 Å². The maximum absolute atomic E-state index is 12.3. The van der Waals surface area contributed by atoms with E-state index in [-0.39, 0.29) is 24.4 Å². The summed E-state index contributed by atoms with van der Waals surface area (Å²) in [6.07, 6.45) is 0. The van der Waals surface area contributed by atoms with Crippen molar-refractivity contribution >= 4 is 35.0 Å².